The van der Waals surface area contributed by atoms with Gasteiger partial charge in [0.2, 0.25) is 0 Å². The van der Waals surface area contributed by atoms with E-state index in [9.17, 15) is 13.6 Å². The third kappa shape index (κ3) is 4.10. The number of aromatic nitrogens is 1. The van der Waals surface area contributed by atoms with Crippen LogP contribution in [0, 0.1) is 11.6 Å². The molecule has 0 radical (unpaired) electrons. The first-order valence-electron chi connectivity index (χ1n) is 7.27. The zero-order valence-corrected chi connectivity index (χ0v) is 13.5. The first-order chi connectivity index (χ1) is 12.0. The van der Waals surface area contributed by atoms with E-state index in [1.165, 1.54) is 36.5 Å². The van der Waals surface area contributed by atoms with Gasteiger partial charge in [0.25, 0.3) is 5.91 Å². The molecular formula is C18H12ClF2N3O. The van der Waals surface area contributed by atoms with Gasteiger partial charge in [-0.1, -0.05) is 23.7 Å². The molecule has 3 aromatic rings. The van der Waals surface area contributed by atoms with E-state index in [2.05, 4.69) is 15.6 Å². The van der Waals surface area contributed by atoms with Crippen LogP contribution in [0.15, 0.2) is 60.8 Å². The van der Waals surface area contributed by atoms with Gasteiger partial charge in [0.15, 0.2) is 0 Å². The van der Waals surface area contributed by atoms with E-state index in [-0.39, 0.29) is 10.7 Å². The highest BCUT2D eigenvalue weighted by Gasteiger charge is 2.10. The number of benzene rings is 2. The Kier molecular flexibility index (Phi) is 4.90. The summed E-state index contributed by atoms with van der Waals surface area (Å²) in [6.45, 7) is 0. The summed E-state index contributed by atoms with van der Waals surface area (Å²) in [5.74, 6) is -1.11. The van der Waals surface area contributed by atoms with Gasteiger partial charge in [-0.15, -0.1) is 0 Å². The molecular weight excluding hydrogens is 348 g/mol. The lowest BCUT2D eigenvalue weighted by molar-refractivity contribution is 0.102. The number of carbonyl (C=O) groups is 1. The van der Waals surface area contributed by atoms with E-state index in [0.717, 1.165) is 6.07 Å². The van der Waals surface area contributed by atoms with Crippen molar-refractivity contribution in [2.24, 2.45) is 0 Å². The minimum atomic E-state index is -0.569. The summed E-state index contributed by atoms with van der Waals surface area (Å²) in [5.41, 5.74) is 0.906. The molecule has 0 aliphatic heterocycles. The van der Waals surface area contributed by atoms with Crippen LogP contribution < -0.4 is 10.6 Å². The molecule has 3 rings (SSSR count). The molecule has 2 aromatic carbocycles. The Morgan fingerprint density at radius 1 is 1.00 bits per heavy atom. The molecule has 0 fully saturated rings. The molecule has 126 valence electrons. The van der Waals surface area contributed by atoms with Crippen molar-refractivity contribution in [2.75, 3.05) is 10.6 Å². The van der Waals surface area contributed by atoms with E-state index >= 15 is 0 Å². The third-order valence-electron chi connectivity index (χ3n) is 3.34. The van der Waals surface area contributed by atoms with Gasteiger partial charge in [0.05, 0.1) is 10.7 Å². The number of pyridine rings is 1. The molecule has 0 bridgehead atoms. The normalized spacial score (nSPS) is 10.4. The number of anilines is 3. The SMILES string of the molecule is O=C(Nc1ccc(F)c(Cl)c1)c1ccnc(Nc2ccccc2F)c1. The van der Waals surface area contributed by atoms with Gasteiger partial charge in [0.1, 0.15) is 17.5 Å². The lowest BCUT2D eigenvalue weighted by Crippen LogP contribution is -2.12. The molecule has 0 atom stereocenters. The predicted molar refractivity (Wildman–Crippen MR) is 93.3 cm³/mol. The molecule has 1 heterocycles. The van der Waals surface area contributed by atoms with Gasteiger partial charge in [-0.05, 0) is 42.5 Å². The van der Waals surface area contributed by atoms with Crippen molar-refractivity contribution in [2.45, 2.75) is 0 Å². The number of hydrogen-bond acceptors (Lipinski definition) is 3. The van der Waals surface area contributed by atoms with E-state index in [1.807, 2.05) is 0 Å². The number of carbonyl (C=O) groups excluding carboxylic acids is 1. The number of halogens is 3. The molecule has 0 aliphatic rings. The lowest BCUT2D eigenvalue weighted by atomic mass is 10.2. The van der Waals surface area contributed by atoms with Crippen LogP contribution in [0.2, 0.25) is 5.02 Å². The van der Waals surface area contributed by atoms with Crippen molar-refractivity contribution >= 4 is 34.7 Å². The summed E-state index contributed by atoms with van der Waals surface area (Å²) in [5, 5.41) is 5.33. The zero-order valence-electron chi connectivity index (χ0n) is 12.8. The summed E-state index contributed by atoms with van der Waals surface area (Å²) in [6, 6.07) is 13.0. The maximum atomic E-state index is 13.7. The van der Waals surface area contributed by atoms with Crippen molar-refractivity contribution in [3.05, 3.63) is 83.0 Å². The largest absolute Gasteiger partial charge is 0.338 e. The molecule has 0 aliphatic carbocycles. The van der Waals surface area contributed by atoms with E-state index in [1.54, 1.807) is 18.2 Å². The molecule has 1 aromatic heterocycles. The number of amides is 1. The fourth-order valence-corrected chi connectivity index (χ4v) is 2.30. The topological polar surface area (TPSA) is 54.0 Å². The van der Waals surface area contributed by atoms with Crippen LogP contribution in [0.3, 0.4) is 0 Å². The maximum Gasteiger partial charge on any atom is 0.255 e. The molecule has 0 spiro atoms. The number of hydrogen-bond donors (Lipinski definition) is 2. The molecule has 2 N–H and O–H groups in total. The maximum absolute atomic E-state index is 13.7. The highest BCUT2D eigenvalue weighted by molar-refractivity contribution is 6.31. The van der Waals surface area contributed by atoms with Crippen LogP contribution in [-0.4, -0.2) is 10.9 Å². The van der Waals surface area contributed by atoms with Gasteiger partial charge in [-0.25, -0.2) is 13.8 Å². The molecule has 0 saturated carbocycles. The Morgan fingerprint density at radius 3 is 2.56 bits per heavy atom. The lowest BCUT2D eigenvalue weighted by Gasteiger charge is -2.09. The summed E-state index contributed by atoms with van der Waals surface area (Å²) < 4.78 is 26.8. The minimum Gasteiger partial charge on any atom is -0.338 e. The molecule has 0 saturated heterocycles. The molecule has 1 amide bonds. The minimum absolute atomic E-state index is 0.0885. The molecule has 7 heteroatoms. The quantitative estimate of drug-likeness (QED) is 0.688. The Labute approximate surface area is 147 Å². The first-order valence-corrected chi connectivity index (χ1v) is 7.65. The monoisotopic (exact) mass is 359 g/mol. The van der Waals surface area contributed by atoms with Crippen LogP contribution >= 0.6 is 11.6 Å². The van der Waals surface area contributed by atoms with E-state index in [0.29, 0.717) is 17.1 Å². The highest BCUT2D eigenvalue weighted by atomic mass is 35.5. The van der Waals surface area contributed by atoms with E-state index < -0.39 is 17.5 Å². The second-order valence-electron chi connectivity index (χ2n) is 5.12. The second kappa shape index (κ2) is 7.27. The van der Waals surface area contributed by atoms with Crippen molar-refractivity contribution < 1.29 is 13.6 Å². The Hall–Kier alpha value is -2.99. The highest BCUT2D eigenvalue weighted by Crippen LogP contribution is 2.21. The van der Waals surface area contributed by atoms with E-state index in [4.69, 9.17) is 11.6 Å². The Morgan fingerprint density at radius 2 is 1.80 bits per heavy atom. The van der Waals surface area contributed by atoms with Crippen molar-refractivity contribution in [3.8, 4) is 0 Å². The Balaban J connectivity index is 1.77. The number of rotatable bonds is 4. The third-order valence-corrected chi connectivity index (χ3v) is 3.63. The summed E-state index contributed by atoms with van der Waals surface area (Å²) in [6.07, 6.45) is 1.43. The fourth-order valence-electron chi connectivity index (χ4n) is 2.12. The second-order valence-corrected chi connectivity index (χ2v) is 5.52. The smallest absolute Gasteiger partial charge is 0.255 e. The van der Waals surface area contributed by atoms with Crippen LogP contribution in [0.4, 0.5) is 26.0 Å². The van der Waals surface area contributed by atoms with Crippen LogP contribution in [0.25, 0.3) is 0 Å². The van der Waals surface area contributed by atoms with Crippen LogP contribution in [0.1, 0.15) is 10.4 Å². The average molecular weight is 360 g/mol. The zero-order chi connectivity index (χ0) is 17.8. The summed E-state index contributed by atoms with van der Waals surface area (Å²) in [7, 11) is 0. The van der Waals surface area contributed by atoms with Crippen LogP contribution in [-0.2, 0) is 0 Å². The van der Waals surface area contributed by atoms with Crippen molar-refractivity contribution in [1.82, 2.24) is 4.98 Å². The number of nitrogens with zero attached hydrogens (tertiary/aromatic N) is 1. The fraction of sp³-hybridized carbons (Fsp3) is 0. The standard InChI is InChI=1S/C18H12ClF2N3O/c19-13-10-12(5-6-14(13)20)23-18(25)11-7-8-22-17(9-11)24-16-4-2-1-3-15(16)21/h1-10H,(H,22,24)(H,23,25). The number of nitrogens with one attached hydrogen (secondary N) is 2. The van der Waals surface area contributed by atoms with Crippen molar-refractivity contribution in [1.29, 1.82) is 0 Å². The van der Waals surface area contributed by atoms with Gasteiger partial charge >= 0.3 is 0 Å². The molecule has 4 nitrogen and oxygen atoms in total. The summed E-state index contributed by atoms with van der Waals surface area (Å²) >= 11 is 5.69. The predicted octanol–water partition coefficient (Wildman–Crippen LogP) is 5.01. The van der Waals surface area contributed by atoms with Crippen molar-refractivity contribution in [3.63, 3.8) is 0 Å². The van der Waals surface area contributed by atoms with Crippen LogP contribution in [0.5, 0.6) is 0 Å². The number of para-hydroxylation sites is 1. The van der Waals surface area contributed by atoms with Gasteiger partial charge in [-0.2, -0.15) is 0 Å². The Bertz CT molecular complexity index is 934. The van der Waals surface area contributed by atoms with Gasteiger partial charge < -0.3 is 10.6 Å². The molecule has 25 heavy (non-hydrogen) atoms. The summed E-state index contributed by atoms with van der Waals surface area (Å²) in [4.78, 5) is 16.4. The molecule has 0 unspecified atom stereocenters. The first kappa shape index (κ1) is 16.9. The van der Waals surface area contributed by atoms with Gasteiger partial charge in [0, 0.05) is 17.4 Å². The van der Waals surface area contributed by atoms with Gasteiger partial charge in [-0.3, -0.25) is 4.79 Å². The average Bonchev–Trinajstić information content (AvgIpc) is 2.60.